The summed E-state index contributed by atoms with van der Waals surface area (Å²) in [6.07, 6.45) is 0.119. The number of sulfone groups is 1. The molecular formula is C12H15NO4S2. The molecule has 0 fully saturated rings. The number of carbonyl (C=O) groups is 1. The van der Waals surface area contributed by atoms with Crippen molar-refractivity contribution in [2.75, 3.05) is 29.7 Å². The molecule has 0 spiro atoms. The standard InChI is InChI=1S/C12H15NO4S2/c1-13-10-7-8(18-5-6-19(2,16)17)3-4-9(10)11(14)12(13)15/h3-4,7,11,14H,5-6H2,1-2H3. The molecule has 1 unspecified atom stereocenters. The van der Waals surface area contributed by atoms with Gasteiger partial charge >= 0.3 is 0 Å². The molecule has 0 aliphatic carbocycles. The summed E-state index contributed by atoms with van der Waals surface area (Å²) in [5, 5.41) is 9.72. The zero-order valence-electron chi connectivity index (χ0n) is 10.7. The average molecular weight is 301 g/mol. The molecule has 0 saturated carbocycles. The number of aliphatic hydroxyl groups excluding tert-OH is 1. The minimum Gasteiger partial charge on any atom is -0.378 e. The van der Waals surface area contributed by atoms with Gasteiger partial charge in [-0.2, -0.15) is 0 Å². The van der Waals surface area contributed by atoms with E-state index in [4.69, 9.17) is 0 Å². The van der Waals surface area contributed by atoms with Gasteiger partial charge in [0.05, 0.1) is 11.4 Å². The lowest BCUT2D eigenvalue weighted by Gasteiger charge is -2.10. The molecule has 2 rings (SSSR count). The van der Waals surface area contributed by atoms with E-state index in [0.717, 1.165) is 4.90 Å². The Morgan fingerprint density at radius 1 is 1.42 bits per heavy atom. The molecule has 1 aliphatic rings. The van der Waals surface area contributed by atoms with Gasteiger partial charge in [0, 0.05) is 29.5 Å². The predicted octanol–water partition coefficient (Wildman–Crippen LogP) is 0.833. The Morgan fingerprint density at radius 3 is 2.74 bits per heavy atom. The number of aliphatic hydroxyl groups is 1. The summed E-state index contributed by atoms with van der Waals surface area (Å²) < 4.78 is 22.1. The molecule has 0 bridgehead atoms. The highest BCUT2D eigenvalue weighted by molar-refractivity contribution is 8.00. The Balaban J connectivity index is 2.13. The summed E-state index contributed by atoms with van der Waals surface area (Å²) in [4.78, 5) is 13.9. The lowest BCUT2D eigenvalue weighted by atomic mass is 10.1. The van der Waals surface area contributed by atoms with Gasteiger partial charge in [-0.15, -0.1) is 11.8 Å². The van der Waals surface area contributed by atoms with Gasteiger partial charge in [-0.25, -0.2) is 8.42 Å². The number of thioether (sulfide) groups is 1. The summed E-state index contributed by atoms with van der Waals surface area (Å²) in [6.45, 7) is 0. The van der Waals surface area contributed by atoms with Crippen molar-refractivity contribution in [3.8, 4) is 0 Å². The first kappa shape index (κ1) is 14.4. The van der Waals surface area contributed by atoms with Gasteiger partial charge in [0.25, 0.3) is 5.91 Å². The molecule has 1 amide bonds. The van der Waals surface area contributed by atoms with Crippen molar-refractivity contribution in [3.63, 3.8) is 0 Å². The van der Waals surface area contributed by atoms with E-state index in [2.05, 4.69) is 0 Å². The van der Waals surface area contributed by atoms with E-state index >= 15 is 0 Å². The number of rotatable bonds is 4. The zero-order chi connectivity index (χ0) is 14.2. The van der Waals surface area contributed by atoms with Crippen molar-refractivity contribution >= 4 is 33.2 Å². The second-order valence-corrected chi connectivity index (χ2v) is 7.93. The van der Waals surface area contributed by atoms with Crippen LogP contribution in [0.2, 0.25) is 0 Å². The van der Waals surface area contributed by atoms with Crippen LogP contribution in [0.5, 0.6) is 0 Å². The van der Waals surface area contributed by atoms with E-state index in [1.807, 2.05) is 0 Å². The van der Waals surface area contributed by atoms with Gasteiger partial charge in [-0.3, -0.25) is 4.79 Å². The number of benzene rings is 1. The molecule has 0 radical (unpaired) electrons. The van der Waals surface area contributed by atoms with Gasteiger partial charge in [-0.05, 0) is 12.1 Å². The molecule has 0 aromatic heterocycles. The third-order valence-corrected chi connectivity index (χ3v) is 5.14. The van der Waals surface area contributed by atoms with Crippen LogP contribution in [-0.2, 0) is 14.6 Å². The molecule has 1 aromatic rings. The summed E-state index contributed by atoms with van der Waals surface area (Å²) in [5.41, 5.74) is 1.28. The van der Waals surface area contributed by atoms with Gasteiger partial charge in [0.1, 0.15) is 9.84 Å². The lowest BCUT2D eigenvalue weighted by Crippen LogP contribution is -2.23. The second kappa shape index (κ2) is 5.15. The van der Waals surface area contributed by atoms with E-state index in [1.54, 1.807) is 25.2 Å². The van der Waals surface area contributed by atoms with Crippen LogP contribution in [0.3, 0.4) is 0 Å². The normalized spacial score (nSPS) is 18.8. The van der Waals surface area contributed by atoms with Gasteiger partial charge in [-0.1, -0.05) is 6.07 Å². The molecule has 1 aromatic carbocycles. The van der Waals surface area contributed by atoms with Gasteiger partial charge < -0.3 is 10.0 Å². The van der Waals surface area contributed by atoms with Crippen LogP contribution in [0, 0.1) is 0 Å². The summed E-state index contributed by atoms with van der Waals surface area (Å²) in [7, 11) is -1.35. The first-order chi connectivity index (χ1) is 8.79. The fourth-order valence-electron chi connectivity index (χ4n) is 1.88. The minimum absolute atomic E-state index is 0.117. The Hall–Kier alpha value is -1.05. The Kier molecular flexibility index (Phi) is 3.89. The largest absolute Gasteiger partial charge is 0.378 e. The number of hydrogen-bond acceptors (Lipinski definition) is 5. The van der Waals surface area contributed by atoms with Crippen LogP contribution in [0.15, 0.2) is 23.1 Å². The molecule has 104 valence electrons. The second-order valence-electron chi connectivity index (χ2n) is 4.50. The molecule has 7 heteroatoms. The third kappa shape index (κ3) is 3.10. The maximum Gasteiger partial charge on any atom is 0.260 e. The summed E-state index contributed by atoms with van der Waals surface area (Å²) in [6, 6.07) is 5.31. The highest BCUT2D eigenvalue weighted by Gasteiger charge is 2.33. The number of carbonyl (C=O) groups excluding carboxylic acids is 1. The molecule has 5 nitrogen and oxygen atoms in total. The fraction of sp³-hybridized carbons (Fsp3) is 0.417. The van der Waals surface area contributed by atoms with Crippen molar-refractivity contribution in [2.24, 2.45) is 0 Å². The maximum absolute atomic E-state index is 11.6. The first-order valence-corrected chi connectivity index (χ1v) is 8.74. The Bertz CT molecular complexity index is 612. The van der Waals surface area contributed by atoms with Crippen LogP contribution < -0.4 is 4.90 Å². The van der Waals surface area contributed by atoms with Crippen LogP contribution in [0.1, 0.15) is 11.7 Å². The molecule has 0 saturated heterocycles. The number of amides is 1. The number of hydrogen-bond donors (Lipinski definition) is 1. The minimum atomic E-state index is -2.96. The van der Waals surface area contributed by atoms with Crippen molar-refractivity contribution in [1.82, 2.24) is 0 Å². The van der Waals surface area contributed by atoms with Crippen LogP contribution in [-0.4, -0.2) is 44.2 Å². The number of fused-ring (bicyclic) bond motifs is 1. The fourth-order valence-corrected chi connectivity index (χ4v) is 4.02. The van der Waals surface area contributed by atoms with E-state index in [0.29, 0.717) is 17.0 Å². The van der Waals surface area contributed by atoms with Gasteiger partial charge in [0.15, 0.2) is 6.10 Å². The van der Waals surface area contributed by atoms with E-state index in [-0.39, 0.29) is 11.7 Å². The van der Waals surface area contributed by atoms with Crippen LogP contribution in [0.25, 0.3) is 0 Å². The highest BCUT2D eigenvalue weighted by Crippen LogP contribution is 2.37. The van der Waals surface area contributed by atoms with Gasteiger partial charge in [0.2, 0.25) is 0 Å². The SMILES string of the molecule is CN1C(=O)C(O)c2ccc(SCCS(C)(=O)=O)cc21. The molecule has 1 N–H and O–H groups in total. The van der Waals surface area contributed by atoms with Crippen molar-refractivity contribution in [1.29, 1.82) is 0 Å². The van der Waals surface area contributed by atoms with Crippen LogP contribution >= 0.6 is 11.8 Å². The molecule has 19 heavy (non-hydrogen) atoms. The quantitative estimate of drug-likeness (QED) is 0.834. The monoisotopic (exact) mass is 301 g/mol. The smallest absolute Gasteiger partial charge is 0.260 e. The number of likely N-dealkylation sites (N-methyl/N-ethyl adjacent to an activating group) is 1. The average Bonchev–Trinajstić information content (AvgIpc) is 2.53. The first-order valence-electron chi connectivity index (χ1n) is 5.70. The molecule has 1 atom stereocenters. The molecule has 1 heterocycles. The predicted molar refractivity (Wildman–Crippen MR) is 75.2 cm³/mol. The van der Waals surface area contributed by atoms with Crippen molar-refractivity contribution in [2.45, 2.75) is 11.0 Å². The third-order valence-electron chi connectivity index (χ3n) is 2.95. The van der Waals surface area contributed by atoms with E-state index in [1.165, 1.54) is 22.9 Å². The summed E-state index contributed by atoms with van der Waals surface area (Å²) >= 11 is 1.42. The van der Waals surface area contributed by atoms with Crippen molar-refractivity contribution in [3.05, 3.63) is 23.8 Å². The van der Waals surface area contributed by atoms with E-state index in [9.17, 15) is 18.3 Å². The highest BCUT2D eigenvalue weighted by atomic mass is 32.2. The number of nitrogens with zero attached hydrogens (tertiary/aromatic N) is 1. The topological polar surface area (TPSA) is 74.7 Å². The summed E-state index contributed by atoms with van der Waals surface area (Å²) in [5.74, 6) is 0.248. The maximum atomic E-state index is 11.6. The molecular weight excluding hydrogens is 286 g/mol. The number of anilines is 1. The Labute approximate surface area is 116 Å². The van der Waals surface area contributed by atoms with Crippen molar-refractivity contribution < 1.29 is 18.3 Å². The Morgan fingerprint density at radius 2 is 2.11 bits per heavy atom. The van der Waals surface area contributed by atoms with E-state index < -0.39 is 15.9 Å². The zero-order valence-corrected chi connectivity index (χ0v) is 12.3. The van der Waals surface area contributed by atoms with Crippen LogP contribution in [0.4, 0.5) is 5.69 Å². The molecule has 1 aliphatic heterocycles. The lowest BCUT2D eigenvalue weighted by molar-refractivity contribution is -0.125.